The van der Waals surface area contributed by atoms with E-state index in [4.69, 9.17) is 0 Å². The van der Waals surface area contributed by atoms with Crippen LogP contribution in [0.15, 0.2) is 53.1 Å². The lowest BCUT2D eigenvalue weighted by Gasteiger charge is -2.33. The Hall–Kier alpha value is -2.95. The number of guanidine groups is 1. The molecule has 1 aromatic carbocycles. The maximum absolute atomic E-state index is 14.5. The van der Waals surface area contributed by atoms with Crippen LogP contribution in [0.25, 0.3) is 16.8 Å². The Balaban J connectivity index is 1.82. The molecule has 27 heavy (non-hydrogen) atoms. The molecule has 2 aliphatic heterocycles. The summed E-state index contributed by atoms with van der Waals surface area (Å²) in [6.45, 7) is 3.98. The summed E-state index contributed by atoms with van der Waals surface area (Å²) in [7, 11) is 0. The van der Waals surface area contributed by atoms with Gasteiger partial charge in [0.15, 0.2) is 0 Å². The van der Waals surface area contributed by atoms with E-state index in [1.807, 2.05) is 17.2 Å². The summed E-state index contributed by atoms with van der Waals surface area (Å²) in [6.07, 6.45) is 5.45. The summed E-state index contributed by atoms with van der Waals surface area (Å²) in [5.74, 6) is 0.248. The fourth-order valence-corrected chi connectivity index (χ4v) is 3.90. The molecule has 4 rings (SSSR count). The van der Waals surface area contributed by atoms with Crippen molar-refractivity contribution in [1.82, 2.24) is 9.80 Å². The fourth-order valence-electron chi connectivity index (χ4n) is 3.20. The fraction of sp³-hybridized carbons (Fsp3) is 0.200. The van der Waals surface area contributed by atoms with Crippen molar-refractivity contribution in [1.29, 1.82) is 5.26 Å². The molecule has 0 saturated heterocycles. The molecule has 7 heteroatoms. The smallest absolute Gasteiger partial charge is 0.212 e. The first-order chi connectivity index (χ1) is 12.9. The van der Waals surface area contributed by atoms with Crippen LogP contribution in [0.3, 0.4) is 0 Å². The molecular weight excluding hydrogens is 363 g/mol. The van der Waals surface area contributed by atoms with E-state index in [0.717, 1.165) is 11.3 Å². The lowest BCUT2D eigenvalue weighted by molar-refractivity contribution is -0.0120. The summed E-state index contributed by atoms with van der Waals surface area (Å²) < 4.78 is 14.5. The number of halogens is 1. The predicted molar refractivity (Wildman–Crippen MR) is 104 cm³/mol. The van der Waals surface area contributed by atoms with Crippen LogP contribution in [0.1, 0.15) is 24.3 Å². The Morgan fingerprint density at radius 2 is 2.11 bits per heavy atom. The zero-order valence-electron chi connectivity index (χ0n) is 14.8. The monoisotopic (exact) mass is 380 g/mol. The standard InChI is InChI=1S/C20H17FN4OS/c1-20(2,26)25-12-17(24-8-3-7-23-19(24)25)13-4-5-16(21)15(10-13)14-6-9-27-18(14)11-22/h3-7,9-10,12,26H,8H2,1-2H3. The van der Waals surface area contributed by atoms with Crippen molar-refractivity contribution in [3.05, 3.63) is 64.4 Å². The number of aliphatic hydroxyl groups is 1. The van der Waals surface area contributed by atoms with Crippen LogP contribution in [-0.2, 0) is 0 Å². The third-order valence-electron chi connectivity index (χ3n) is 4.49. The van der Waals surface area contributed by atoms with Crippen LogP contribution in [-0.4, -0.2) is 33.1 Å². The highest BCUT2D eigenvalue weighted by Crippen LogP contribution is 2.36. The summed E-state index contributed by atoms with van der Waals surface area (Å²) in [4.78, 5) is 8.53. The third kappa shape index (κ3) is 2.93. The van der Waals surface area contributed by atoms with E-state index < -0.39 is 5.72 Å². The average molecular weight is 380 g/mol. The minimum atomic E-state index is -1.13. The molecule has 136 valence electrons. The Morgan fingerprint density at radius 1 is 1.30 bits per heavy atom. The van der Waals surface area contributed by atoms with Gasteiger partial charge in [-0.3, -0.25) is 4.90 Å². The van der Waals surface area contributed by atoms with Crippen molar-refractivity contribution < 1.29 is 9.50 Å². The van der Waals surface area contributed by atoms with E-state index in [0.29, 0.717) is 28.5 Å². The molecule has 0 amide bonds. The highest BCUT2D eigenvalue weighted by Gasteiger charge is 2.37. The van der Waals surface area contributed by atoms with E-state index in [2.05, 4.69) is 11.1 Å². The van der Waals surface area contributed by atoms with Crippen LogP contribution >= 0.6 is 11.3 Å². The molecule has 5 nitrogen and oxygen atoms in total. The summed E-state index contributed by atoms with van der Waals surface area (Å²) in [6, 6.07) is 8.73. The van der Waals surface area contributed by atoms with Crippen molar-refractivity contribution in [3.8, 4) is 17.2 Å². The molecule has 0 atom stereocenters. The second-order valence-electron chi connectivity index (χ2n) is 6.77. The van der Waals surface area contributed by atoms with Crippen LogP contribution in [0.5, 0.6) is 0 Å². The second kappa shape index (κ2) is 6.34. The van der Waals surface area contributed by atoms with Crippen LogP contribution < -0.4 is 0 Å². The van der Waals surface area contributed by atoms with E-state index in [-0.39, 0.29) is 5.82 Å². The van der Waals surface area contributed by atoms with E-state index in [1.54, 1.807) is 48.5 Å². The average Bonchev–Trinajstić information content (AvgIpc) is 3.26. The van der Waals surface area contributed by atoms with Gasteiger partial charge in [-0.2, -0.15) is 5.26 Å². The molecule has 0 fully saturated rings. The zero-order valence-corrected chi connectivity index (χ0v) is 15.7. The Morgan fingerprint density at radius 3 is 2.85 bits per heavy atom. The molecular formula is C20H17FN4OS. The van der Waals surface area contributed by atoms with Crippen molar-refractivity contribution in [2.45, 2.75) is 19.6 Å². The van der Waals surface area contributed by atoms with Gasteiger partial charge in [0.25, 0.3) is 0 Å². The number of hydrogen-bond donors (Lipinski definition) is 1. The lowest BCUT2D eigenvalue weighted by Crippen LogP contribution is -2.46. The number of nitrogens with zero attached hydrogens (tertiary/aromatic N) is 4. The number of nitriles is 1. The number of rotatable bonds is 3. The zero-order chi connectivity index (χ0) is 19.2. The van der Waals surface area contributed by atoms with Crippen LogP contribution in [0, 0.1) is 17.1 Å². The van der Waals surface area contributed by atoms with Gasteiger partial charge < -0.3 is 10.0 Å². The maximum atomic E-state index is 14.5. The van der Waals surface area contributed by atoms with E-state index in [9.17, 15) is 14.8 Å². The van der Waals surface area contributed by atoms with Crippen molar-refractivity contribution >= 4 is 23.0 Å². The first-order valence-electron chi connectivity index (χ1n) is 8.42. The topological polar surface area (TPSA) is 62.9 Å². The molecule has 0 bridgehead atoms. The van der Waals surface area contributed by atoms with Crippen LogP contribution in [0.4, 0.5) is 4.39 Å². The van der Waals surface area contributed by atoms with Gasteiger partial charge in [0.05, 0.1) is 5.70 Å². The maximum Gasteiger partial charge on any atom is 0.212 e. The van der Waals surface area contributed by atoms with Gasteiger partial charge in [-0.05, 0) is 49.6 Å². The third-order valence-corrected chi connectivity index (χ3v) is 5.31. The minimum absolute atomic E-state index is 0.376. The molecule has 0 saturated carbocycles. The quantitative estimate of drug-likeness (QED) is 0.876. The van der Waals surface area contributed by atoms with Gasteiger partial charge >= 0.3 is 0 Å². The van der Waals surface area contributed by atoms with Crippen molar-refractivity contribution in [3.63, 3.8) is 0 Å². The molecule has 3 heterocycles. The normalized spacial score (nSPS) is 16.1. The van der Waals surface area contributed by atoms with Gasteiger partial charge in [0, 0.05) is 35.6 Å². The molecule has 0 spiro atoms. The van der Waals surface area contributed by atoms with E-state index in [1.165, 1.54) is 17.4 Å². The Labute approximate surface area is 160 Å². The Bertz CT molecular complexity index is 1040. The number of aliphatic imine (C=N–C) groups is 1. The molecule has 0 unspecified atom stereocenters. The lowest BCUT2D eigenvalue weighted by atomic mass is 10.0. The van der Waals surface area contributed by atoms with Gasteiger partial charge in [0.1, 0.15) is 22.5 Å². The minimum Gasteiger partial charge on any atom is -0.371 e. The summed E-state index contributed by atoms with van der Waals surface area (Å²) in [5.41, 5.74) is 1.45. The van der Waals surface area contributed by atoms with Crippen molar-refractivity contribution in [2.24, 2.45) is 4.99 Å². The molecule has 1 N–H and O–H groups in total. The molecule has 1 aromatic heterocycles. The van der Waals surface area contributed by atoms with Crippen LogP contribution in [0.2, 0.25) is 0 Å². The first-order valence-corrected chi connectivity index (χ1v) is 9.30. The first kappa shape index (κ1) is 17.5. The highest BCUT2D eigenvalue weighted by molar-refractivity contribution is 7.11. The number of fused-ring (bicyclic) bond motifs is 1. The highest BCUT2D eigenvalue weighted by atomic mass is 32.1. The van der Waals surface area contributed by atoms with Gasteiger partial charge in [-0.1, -0.05) is 0 Å². The number of benzene rings is 1. The predicted octanol–water partition coefficient (Wildman–Crippen LogP) is 3.95. The molecule has 0 aliphatic carbocycles. The number of thiophene rings is 1. The second-order valence-corrected chi connectivity index (χ2v) is 7.69. The van der Waals surface area contributed by atoms with E-state index >= 15 is 0 Å². The largest absolute Gasteiger partial charge is 0.371 e. The molecule has 0 radical (unpaired) electrons. The van der Waals surface area contributed by atoms with Gasteiger partial charge in [0.2, 0.25) is 5.96 Å². The van der Waals surface area contributed by atoms with Crippen molar-refractivity contribution in [2.75, 3.05) is 6.54 Å². The summed E-state index contributed by atoms with van der Waals surface area (Å²) >= 11 is 1.29. The van der Waals surface area contributed by atoms with Gasteiger partial charge in [-0.25, -0.2) is 9.38 Å². The molecule has 2 aromatic rings. The Kier molecular flexibility index (Phi) is 4.10. The molecule has 2 aliphatic rings. The SMILES string of the molecule is CC(C)(O)N1C=C(c2ccc(F)c(-c3ccsc3C#N)c2)N2CC=CN=C21. The number of hydrogen-bond acceptors (Lipinski definition) is 6. The van der Waals surface area contributed by atoms with Gasteiger partial charge in [-0.15, -0.1) is 11.3 Å². The summed E-state index contributed by atoms with van der Waals surface area (Å²) in [5, 5.41) is 21.6.